The molecule has 6 rings (SSSR count). The highest BCUT2D eigenvalue weighted by Crippen LogP contribution is 2.45. The molecule has 1 N–H and O–H groups in total. The van der Waals surface area contributed by atoms with Crippen molar-refractivity contribution in [2.75, 3.05) is 5.32 Å². The lowest BCUT2D eigenvalue weighted by Gasteiger charge is -2.33. The van der Waals surface area contributed by atoms with Crippen LogP contribution in [0.1, 0.15) is 64.9 Å². The summed E-state index contributed by atoms with van der Waals surface area (Å²) in [5, 5.41) is 3.92. The number of nitrogens with zero attached hydrogens (tertiary/aromatic N) is 2. The van der Waals surface area contributed by atoms with Crippen molar-refractivity contribution in [3.63, 3.8) is 0 Å². The van der Waals surface area contributed by atoms with Gasteiger partial charge in [-0.25, -0.2) is 4.99 Å². The Labute approximate surface area is 259 Å². The summed E-state index contributed by atoms with van der Waals surface area (Å²) in [6.45, 7) is 11.2. The molecular formula is C38H39N3OS. The predicted molar refractivity (Wildman–Crippen MR) is 182 cm³/mol. The fourth-order valence-electron chi connectivity index (χ4n) is 6.23. The standard InChI is InChI=1S/C38H39N3OS/c1-25-22-29(26(2)41(25)32-19-16-28(17-20-32)27-12-8-6-9-13-27)24-39-37-35(36(42)40-31-14-10-7-11-15-31)33-21-18-30(38(3,4)5)23-34(33)43-37/h6-17,19-20,22,24,30H,18,21,23H2,1-5H3,(H,40,42)/t30-/m0/s1. The van der Waals surface area contributed by atoms with Gasteiger partial charge >= 0.3 is 0 Å². The zero-order valence-electron chi connectivity index (χ0n) is 25.6. The van der Waals surface area contributed by atoms with Gasteiger partial charge in [0.15, 0.2) is 0 Å². The third kappa shape index (κ3) is 6.00. The lowest BCUT2D eigenvalue weighted by atomic mass is 9.72. The maximum absolute atomic E-state index is 13.7. The molecule has 1 atom stereocenters. The van der Waals surface area contributed by atoms with E-state index in [1.165, 1.54) is 21.6 Å². The van der Waals surface area contributed by atoms with Gasteiger partial charge in [-0.05, 0) is 91.5 Å². The van der Waals surface area contributed by atoms with Crippen molar-refractivity contribution in [3.05, 3.63) is 124 Å². The molecule has 1 amide bonds. The van der Waals surface area contributed by atoms with Crippen molar-refractivity contribution >= 4 is 34.1 Å². The smallest absolute Gasteiger partial charge is 0.259 e. The molecule has 0 spiro atoms. The van der Waals surface area contributed by atoms with E-state index in [0.717, 1.165) is 58.2 Å². The molecule has 4 nitrogen and oxygen atoms in total. The van der Waals surface area contributed by atoms with Gasteiger partial charge in [0, 0.05) is 39.4 Å². The molecule has 2 heterocycles. The Kier molecular flexibility index (Phi) is 7.93. The van der Waals surface area contributed by atoms with Crippen molar-refractivity contribution < 1.29 is 4.79 Å². The van der Waals surface area contributed by atoms with E-state index in [0.29, 0.717) is 5.92 Å². The summed E-state index contributed by atoms with van der Waals surface area (Å²) >= 11 is 1.69. The topological polar surface area (TPSA) is 46.4 Å². The first-order valence-electron chi connectivity index (χ1n) is 15.1. The van der Waals surface area contributed by atoms with Crippen LogP contribution in [0.5, 0.6) is 0 Å². The number of aryl methyl sites for hydroxylation is 1. The lowest BCUT2D eigenvalue weighted by molar-refractivity contribution is 0.102. The molecule has 1 aliphatic rings. The average Bonchev–Trinajstić information content (AvgIpc) is 3.51. The summed E-state index contributed by atoms with van der Waals surface area (Å²) in [6, 6.07) is 31.0. The van der Waals surface area contributed by atoms with Crippen LogP contribution in [0.4, 0.5) is 10.7 Å². The van der Waals surface area contributed by atoms with E-state index in [4.69, 9.17) is 4.99 Å². The second-order valence-corrected chi connectivity index (χ2v) is 13.7. The minimum Gasteiger partial charge on any atom is -0.322 e. The second kappa shape index (κ2) is 11.8. The highest BCUT2D eigenvalue weighted by Gasteiger charge is 2.33. The molecule has 218 valence electrons. The SMILES string of the molecule is Cc1cc(C=Nc2sc3c(c2C(=O)Nc2ccccc2)CC[C@H](C(C)(C)C)C3)c(C)n1-c1ccc(-c2ccccc2)cc1. The molecule has 43 heavy (non-hydrogen) atoms. The number of carbonyl (C=O) groups excluding carboxylic acids is 1. The van der Waals surface area contributed by atoms with Crippen molar-refractivity contribution in [3.8, 4) is 16.8 Å². The zero-order valence-corrected chi connectivity index (χ0v) is 26.5. The Morgan fingerprint density at radius 2 is 1.58 bits per heavy atom. The quantitative estimate of drug-likeness (QED) is 0.198. The molecule has 0 radical (unpaired) electrons. The van der Waals surface area contributed by atoms with Gasteiger partial charge in [-0.2, -0.15) is 0 Å². The summed E-state index contributed by atoms with van der Waals surface area (Å²) < 4.78 is 2.27. The maximum Gasteiger partial charge on any atom is 0.259 e. The Bertz CT molecular complexity index is 1770. The van der Waals surface area contributed by atoms with Crippen LogP contribution in [0.3, 0.4) is 0 Å². The number of aliphatic imine (C=N–C) groups is 1. The number of anilines is 1. The van der Waals surface area contributed by atoms with E-state index in [9.17, 15) is 4.79 Å². The third-order valence-corrected chi connectivity index (χ3v) is 9.92. The Balaban J connectivity index is 1.32. The van der Waals surface area contributed by atoms with E-state index in [1.807, 2.05) is 42.6 Å². The van der Waals surface area contributed by atoms with Gasteiger partial charge < -0.3 is 9.88 Å². The molecule has 0 saturated heterocycles. The van der Waals surface area contributed by atoms with E-state index in [-0.39, 0.29) is 11.3 Å². The first-order valence-corrected chi connectivity index (χ1v) is 15.9. The molecule has 0 unspecified atom stereocenters. The number of hydrogen-bond donors (Lipinski definition) is 1. The van der Waals surface area contributed by atoms with Crippen molar-refractivity contribution in [2.24, 2.45) is 16.3 Å². The molecule has 0 fully saturated rings. The Morgan fingerprint density at radius 1 is 0.930 bits per heavy atom. The van der Waals surface area contributed by atoms with Crippen LogP contribution >= 0.6 is 11.3 Å². The van der Waals surface area contributed by atoms with E-state index in [2.05, 4.69) is 99.1 Å². The van der Waals surface area contributed by atoms with Gasteiger partial charge in [0.1, 0.15) is 5.00 Å². The number of nitrogens with one attached hydrogen (secondary N) is 1. The third-order valence-electron chi connectivity index (χ3n) is 8.75. The van der Waals surface area contributed by atoms with Crippen LogP contribution in [0.25, 0.3) is 16.8 Å². The van der Waals surface area contributed by atoms with Gasteiger partial charge in [-0.15, -0.1) is 11.3 Å². The zero-order chi connectivity index (χ0) is 30.1. The van der Waals surface area contributed by atoms with Gasteiger partial charge in [-0.3, -0.25) is 4.79 Å². The second-order valence-electron chi connectivity index (χ2n) is 12.6. The highest BCUT2D eigenvalue weighted by atomic mass is 32.1. The monoisotopic (exact) mass is 585 g/mol. The number of carbonyl (C=O) groups is 1. The number of thiophene rings is 1. The van der Waals surface area contributed by atoms with Crippen LogP contribution in [0, 0.1) is 25.2 Å². The first-order chi connectivity index (χ1) is 20.7. The van der Waals surface area contributed by atoms with Gasteiger partial charge in [-0.1, -0.05) is 81.4 Å². The number of amides is 1. The van der Waals surface area contributed by atoms with E-state index >= 15 is 0 Å². The number of hydrogen-bond acceptors (Lipinski definition) is 3. The minimum atomic E-state index is -0.0750. The molecule has 5 heteroatoms. The predicted octanol–water partition coefficient (Wildman–Crippen LogP) is 9.98. The highest BCUT2D eigenvalue weighted by molar-refractivity contribution is 7.16. The number of para-hydroxylation sites is 1. The molecule has 2 aromatic heterocycles. The first kappa shape index (κ1) is 28.9. The fourth-order valence-corrected chi connectivity index (χ4v) is 7.50. The number of rotatable bonds is 6. The normalized spacial score (nSPS) is 15.0. The summed E-state index contributed by atoms with van der Waals surface area (Å²) in [7, 11) is 0. The van der Waals surface area contributed by atoms with Crippen molar-refractivity contribution in [1.82, 2.24) is 4.57 Å². The van der Waals surface area contributed by atoms with Crippen LogP contribution in [0.2, 0.25) is 0 Å². The van der Waals surface area contributed by atoms with Crippen LogP contribution < -0.4 is 5.32 Å². The molecule has 3 aromatic carbocycles. The Hall–Kier alpha value is -4.22. The van der Waals surface area contributed by atoms with Crippen molar-refractivity contribution in [1.29, 1.82) is 0 Å². The number of aromatic nitrogens is 1. The average molecular weight is 586 g/mol. The minimum absolute atomic E-state index is 0.0750. The van der Waals surface area contributed by atoms with Gasteiger partial charge in [0.2, 0.25) is 0 Å². The molecule has 0 saturated carbocycles. The number of benzene rings is 3. The summed E-state index contributed by atoms with van der Waals surface area (Å²) in [4.78, 5) is 20.0. The largest absolute Gasteiger partial charge is 0.322 e. The molecule has 1 aliphatic carbocycles. The van der Waals surface area contributed by atoms with Crippen LogP contribution in [0.15, 0.2) is 96.0 Å². The summed E-state index contributed by atoms with van der Waals surface area (Å²) in [5.74, 6) is 0.516. The van der Waals surface area contributed by atoms with E-state index < -0.39 is 0 Å². The van der Waals surface area contributed by atoms with Gasteiger partial charge in [0.25, 0.3) is 5.91 Å². The number of fused-ring (bicyclic) bond motifs is 1. The molecular weight excluding hydrogens is 547 g/mol. The van der Waals surface area contributed by atoms with Crippen molar-refractivity contribution in [2.45, 2.75) is 53.9 Å². The van der Waals surface area contributed by atoms with Crippen LogP contribution in [-0.4, -0.2) is 16.7 Å². The molecule has 5 aromatic rings. The molecule has 0 bridgehead atoms. The van der Waals surface area contributed by atoms with Crippen LogP contribution in [-0.2, 0) is 12.8 Å². The fraction of sp³-hybridized carbons (Fsp3) is 0.263. The molecule has 0 aliphatic heterocycles. The maximum atomic E-state index is 13.7. The summed E-state index contributed by atoms with van der Waals surface area (Å²) in [5.41, 5.74) is 9.79. The Morgan fingerprint density at radius 3 is 2.26 bits per heavy atom. The summed E-state index contributed by atoms with van der Waals surface area (Å²) in [6.07, 6.45) is 4.94. The van der Waals surface area contributed by atoms with E-state index in [1.54, 1.807) is 11.3 Å². The lowest BCUT2D eigenvalue weighted by Crippen LogP contribution is -2.27. The van der Waals surface area contributed by atoms with Gasteiger partial charge in [0.05, 0.1) is 5.56 Å².